The van der Waals surface area contributed by atoms with E-state index in [0.717, 1.165) is 29.5 Å². The van der Waals surface area contributed by atoms with Crippen LogP contribution in [0, 0.1) is 6.92 Å². The molecule has 0 aliphatic carbocycles. The van der Waals surface area contributed by atoms with Gasteiger partial charge in [0.1, 0.15) is 22.5 Å². The topological polar surface area (TPSA) is 93.4 Å². The number of nitrogens with one attached hydrogen (secondary N) is 1. The zero-order chi connectivity index (χ0) is 12.3. The van der Waals surface area contributed by atoms with Crippen molar-refractivity contribution < 1.29 is 0 Å². The summed E-state index contributed by atoms with van der Waals surface area (Å²) >= 11 is 1.38. The van der Waals surface area contributed by atoms with Crippen LogP contribution in [0.2, 0.25) is 0 Å². The van der Waals surface area contributed by atoms with E-state index >= 15 is 0 Å². The van der Waals surface area contributed by atoms with E-state index in [2.05, 4.69) is 32.1 Å². The molecule has 0 spiro atoms. The smallest absolute Gasteiger partial charge is 0.214 e. The summed E-state index contributed by atoms with van der Waals surface area (Å²) in [7, 11) is 0. The molecular weight excluding hydrogens is 236 g/mol. The Kier molecular flexibility index (Phi) is 3.58. The fourth-order valence-corrected chi connectivity index (χ4v) is 2.13. The Bertz CT molecular complexity index is 509. The maximum atomic E-state index is 5.74. The Labute approximate surface area is 103 Å². The monoisotopic (exact) mass is 250 g/mol. The quantitative estimate of drug-likeness (QED) is 0.800. The first-order valence-electron chi connectivity index (χ1n) is 5.37. The number of hydrogen-bond donors (Lipinski definition) is 2. The van der Waals surface area contributed by atoms with Crippen molar-refractivity contribution in [2.45, 2.75) is 36.9 Å². The number of aromatic amines is 1. The lowest BCUT2D eigenvalue weighted by atomic mass is 10.3. The van der Waals surface area contributed by atoms with Crippen LogP contribution in [0.4, 0.5) is 5.82 Å². The Balaban J connectivity index is 2.20. The molecule has 7 heteroatoms. The van der Waals surface area contributed by atoms with Crippen molar-refractivity contribution in [3.8, 4) is 0 Å². The van der Waals surface area contributed by atoms with Crippen LogP contribution in [0.3, 0.4) is 0 Å². The number of aryl methyl sites for hydroxylation is 2. The minimum atomic E-state index is 0.484. The molecule has 0 fully saturated rings. The summed E-state index contributed by atoms with van der Waals surface area (Å²) < 4.78 is 0. The Hall–Kier alpha value is -1.63. The lowest BCUT2D eigenvalue weighted by molar-refractivity contribution is 0.812. The summed E-state index contributed by atoms with van der Waals surface area (Å²) in [5.74, 6) is 2.03. The molecule has 0 bridgehead atoms. The molecule has 0 amide bonds. The largest absolute Gasteiger partial charge is 0.384 e. The SMILES string of the molecule is CCCc1nc(N)cc(Sc2n[nH]c(C)n2)n1. The van der Waals surface area contributed by atoms with Gasteiger partial charge in [0.25, 0.3) is 0 Å². The minimum Gasteiger partial charge on any atom is -0.384 e. The number of rotatable bonds is 4. The molecule has 17 heavy (non-hydrogen) atoms. The van der Waals surface area contributed by atoms with E-state index < -0.39 is 0 Å². The maximum absolute atomic E-state index is 5.74. The number of anilines is 1. The highest BCUT2D eigenvalue weighted by atomic mass is 32.2. The third-order valence-corrected chi connectivity index (χ3v) is 2.80. The van der Waals surface area contributed by atoms with Gasteiger partial charge in [0.15, 0.2) is 0 Å². The second-order valence-electron chi connectivity index (χ2n) is 3.60. The molecule has 0 aromatic carbocycles. The maximum Gasteiger partial charge on any atom is 0.214 e. The van der Waals surface area contributed by atoms with E-state index in [1.54, 1.807) is 6.07 Å². The van der Waals surface area contributed by atoms with E-state index in [4.69, 9.17) is 5.73 Å². The average Bonchev–Trinajstić information content (AvgIpc) is 2.63. The third kappa shape index (κ3) is 3.16. The van der Waals surface area contributed by atoms with Gasteiger partial charge < -0.3 is 5.73 Å². The van der Waals surface area contributed by atoms with Crippen LogP contribution in [-0.4, -0.2) is 25.1 Å². The number of H-pyrrole nitrogens is 1. The van der Waals surface area contributed by atoms with Crippen molar-refractivity contribution in [1.82, 2.24) is 25.1 Å². The first-order valence-corrected chi connectivity index (χ1v) is 6.19. The molecule has 0 aliphatic rings. The number of hydrogen-bond acceptors (Lipinski definition) is 6. The van der Waals surface area contributed by atoms with Gasteiger partial charge in [0.05, 0.1) is 0 Å². The van der Waals surface area contributed by atoms with Gasteiger partial charge in [-0.2, -0.15) is 0 Å². The van der Waals surface area contributed by atoms with E-state index in [9.17, 15) is 0 Å². The van der Waals surface area contributed by atoms with Crippen molar-refractivity contribution in [1.29, 1.82) is 0 Å². The summed E-state index contributed by atoms with van der Waals surface area (Å²) in [6, 6.07) is 1.73. The van der Waals surface area contributed by atoms with Gasteiger partial charge in [-0.05, 0) is 25.1 Å². The van der Waals surface area contributed by atoms with E-state index in [1.165, 1.54) is 11.8 Å². The van der Waals surface area contributed by atoms with Gasteiger partial charge in [0, 0.05) is 12.5 Å². The van der Waals surface area contributed by atoms with E-state index in [1.807, 2.05) is 6.92 Å². The molecule has 3 N–H and O–H groups in total. The summed E-state index contributed by atoms with van der Waals surface area (Å²) in [6.07, 6.45) is 1.82. The summed E-state index contributed by atoms with van der Waals surface area (Å²) in [5, 5.41) is 8.25. The number of nitrogens with two attached hydrogens (primary N) is 1. The molecule has 90 valence electrons. The number of nitrogens with zero attached hydrogens (tertiary/aromatic N) is 4. The second kappa shape index (κ2) is 5.13. The lowest BCUT2D eigenvalue weighted by Gasteiger charge is -2.02. The molecule has 0 aliphatic heterocycles. The van der Waals surface area contributed by atoms with E-state index in [-0.39, 0.29) is 0 Å². The molecule has 0 radical (unpaired) electrons. The van der Waals surface area contributed by atoms with Crippen LogP contribution in [-0.2, 0) is 6.42 Å². The van der Waals surface area contributed by atoms with Crippen LogP contribution in [0.25, 0.3) is 0 Å². The predicted molar refractivity (Wildman–Crippen MR) is 65.7 cm³/mol. The standard InChI is InChI=1S/C10H14N6S/c1-3-4-8-13-7(11)5-9(14-8)17-10-12-6(2)15-16-10/h5H,3-4H2,1-2H3,(H2,11,13,14)(H,12,15,16). The normalized spacial score (nSPS) is 10.7. The molecule has 2 aromatic rings. The van der Waals surface area contributed by atoms with Gasteiger partial charge in [-0.15, -0.1) is 5.10 Å². The summed E-state index contributed by atoms with van der Waals surface area (Å²) in [5.41, 5.74) is 5.74. The Morgan fingerprint density at radius 1 is 1.35 bits per heavy atom. The molecule has 0 saturated carbocycles. The van der Waals surface area contributed by atoms with Crippen molar-refractivity contribution in [2.24, 2.45) is 0 Å². The predicted octanol–water partition coefficient (Wildman–Crippen LogP) is 1.59. The van der Waals surface area contributed by atoms with Crippen molar-refractivity contribution in [2.75, 3.05) is 5.73 Å². The number of aromatic nitrogens is 5. The zero-order valence-electron chi connectivity index (χ0n) is 9.77. The highest BCUT2D eigenvalue weighted by molar-refractivity contribution is 7.99. The molecule has 0 saturated heterocycles. The molecule has 6 nitrogen and oxygen atoms in total. The fourth-order valence-electron chi connectivity index (χ4n) is 1.34. The summed E-state index contributed by atoms with van der Waals surface area (Å²) in [4.78, 5) is 12.8. The van der Waals surface area contributed by atoms with E-state index in [0.29, 0.717) is 11.0 Å². The molecule has 2 rings (SSSR count). The average molecular weight is 250 g/mol. The summed E-state index contributed by atoms with van der Waals surface area (Å²) in [6.45, 7) is 3.94. The van der Waals surface area contributed by atoms with Gasteiger partial charge in [-0.3, -0.25) is 5.10 Å². The highest BCUT2D eigenvalue weighted by Gasteiger charge is 2.07. The molecule has 0 unspecified atom stereocenters. The van der Waals surface area contributed by atoms with Gasteiger partial charge >= 0.3 is 0 Å². The van der Waals surface area contributed by atoms with Crippen LogP contribution < -0.4 is 5.73 Å². The first-order chi connectivity index (χ1) is 8.17. The van der Waals surface area contributed by atoms with Crippen LogP contribution in [0.1, 0.15) is 25.0 Å². The molecular formula is C10H14N6S. The lowest BCUT2D eigenvalue weighted by Crippen LogP contribution is -2.00. The van der Waals surface area contributed by atoms with Crippen molar-refractivity contribution in [3.63, 3.8) is 0 Å². The van der Waals surface area contributed by atoms with Gasteiger partial charge in [-0.25, -0.2) is 15.0 Å². The first kappa shape index (κ1) is 11.8. The zero-order valence-corrected chi connectivity index (χ0v) is 10.6. The van der Waals surface area contributed by atoms with Crippen LogP contribution in [0.15, 0.2) is 16.2 Å². The number of nitrogen functional groups attached to an aromatic ring is 1. The van der Waals surface area contributed by atoms with Crippen LogP contribution in [0.5, 0.6) is 0 Å². The van der Waals surface area contributed by atoms with Gasteiger partial charge in [-0.1, -0.05) is 6.92 Å². The van der Waals surface area contributed by atoms with Crippen LogP contribution >= 0.6 is 11.8 Å². The van der Waals surface area contributed by atoms with Gasteiger partial charge in [0.2, 0.25) is 5.16 Å². The molecule has 2 aromatic heterocycles. The highest BCUT2D eigenvalue weighted by Crippen LogP contribution is 2.23. The Morgan fingerprint density at radius 3 is 2.82 bits per heavy atom. The fraction of sp³-hybridized carbons (Fsp3) is 0.400. The Morgan fingerprint density at radius 2 is 2.18 bits per heavy atom. The molecule has 2 heterocycles. The third-order valence-electron chi connectivity index (χ3n) is 2.01. The van der Waals surface area contributed by atoms with Crippen molar-refractivity contribution in [3.05, 3.63) is 17.7 Å². The second-order valence-corrected chi connectivity index (χ2v) is 4.59. The molecule has 0 atom stereocenters. The minimum absolute atomic E-state index is 0.484. The van der Waals surface area contributed by atoms with Crippen molar-refractivity contribution >= 4 is 17.6 Å².